The summed E-state index contributed by atoms with van der Waals surface area (Å²) in [5.41, 5.74) is 4.79. The number of rotatable bonds is 1. The molecule has 0 aliphatic heterocycles. The maximum Gasteiger partial charge on any atom is 0.125 e. The molecule has 0 radical (unpaired) electrons. The van der Waals surface area contributed by atoms with E-state index < -0.39 is 0 Å². The van der Waals surface area contributed by atoms with Crippen LogP contribution in [-0.4, -0.2) is 19.5 Å². The summed E-state index contributed by atoms with van der Waals surface area (Å²) in [5, 5.41) is 0. The molecule has 0 N–H and O–H groups in total. The summed E-state index contributed by atoms with van der Waals surface area (Å²) in [5.74, 6) is 1.90. The minimum absolute atomic E-state index is 0.829. The number of nitrogens with zero attached hydrogens (tertiary/aromatic N) is 4. The van der Waals surface area contributed by atoms with Gasteiger partial charge in [-0.15, -0.1) is 0 Å². The van der Waals surface area contributed by atoms with Crippen LogP contribution in [-0.2, 0) is 13.5 Å². The number of aryl methyl sites for hydroxylation is 5. The van der Waals surface area contributed by atoms with Crippen LogP contribution in [0.15, 0.2) is 30.6 Å². The van der Waals surface area contributed by atoms with Crippen molar-refractivity contribution in [3.8, 4) is 0 Å². The van der Waals surface area contributed by atoms with Gasteiger partial charge in [-0.25, -0.2) is 15.0 Å². The summed E-state index contributed by atoms with van der Waals surface area (Å²) in [7, 11) is 2.05. The molecule has 4 heteroatoms. The fourth-order valence-corrected chi connectivity index (χ4v) is 2.04. The first-order chi connectivity index (χ1) is 10.0. The molecule has 2 heterocycles. The zero-order valence-electron chi connectivity index (χ0n) is 13.4. The van der Waals surface area contributed by atoms with E-state index in [9.17, 15) is 0 Å². The van der Waals surface area contributed by atoms with Gasteiger partial charge in [0.2, 0.25) is 0 Å². The van der Waals surface area contributed by atoms with Gasteiger partial charge in [-0.1, -0.05) is 13.0 Å². The zero-order valence-corrected chi connectivity index (χ0v) is 13.4. The zero-order chi connectivity index (χ0) is 15.4. The van der Waals surface area contributed by atoms with E-state index in [4.69, 9.17) is 0 Å². The highest BCUT2D eigenvalue weighted by Gasteiger charge is 2.03. The smallest absolute Gasteiger partial charge is 0.125 e. The second kappa shape index (κ2) is 6.48. The predicted octanol–water partition coefficient (Wildman–Crippen LogP) is 3.54. The monoisotopic (exact) mass is 282 g/mol. The lowest BCUT2D eigenvalue weighted by atomic mass is 10.1. The van der Waals surface area contributed by atoms with Gasteiger partial charge in [0.15, 0.2) is 0 Å². The van der Waals surface area contributed by atoms with Gasteiger partial charge >= 0.3 is 0 Å². The van der Waals surface area contributed by atoms with Crippen LogP contribution in [0.1, 0.15) is 29.7 Å². The third-order valence-corrected chi connectivity index (χ3v) is 3.49. The predicted molar refractivity (Wildman–Crippen MR) is 86.3 cm³/mol. The highest BCUT2D eigenvalue weighted by atomic mass is 15.0. The third-order valence-electron chi connectivity index (χ3n) is 3.49. The summed E-state index contributed by atoms with van der Waals surface area (Å²) in [6.45, 7) is 8.04. The molecule has 0 aliphatic carbocycles. The topological polar surface area (TPSA) is 43.6 Å². The standard InChI is InChI=1S/C11H14N2.C6H8N2/c1-4-9-5-6-11-10(7-9)12-8(2)13(11)3;1-5-3-7-6(2)8-4-5/h5-7H,4H2,1-3H3;3-4H,1-2H3. The molecule has 0 amide bonds. The minimum atomic E-state index is 0.829. The molecule has 3 aromatic rings. The van der Waals surface area contributed by atoms with Crippen molar-refractivity contribution >= 4 is 11.0 Å². The molecular formula is C17H22N4. The van der Waals surface area contributed by atoms with Crippen molar-refractivity contribution in [1.82, 2.24) is 19.5 Å². The molecule has 0 atom stereocenters. The molecule has 0 bridgehead atoms. The van der Waals surface area contributed by atoms with Crippen molar-refractivity contribution in [3.63, 3.8) is 0 Å². The third kappa shape index (κ3) is 3.66. The van der Waals surface area contributed by atoms with Crippen LogP contribution in [0.5, 0.6) is 0 Å². The first-order valence-corrected chi connectivity index (χ1v) is 7.18. The van der Waals surface area contributed by atoms with E-state index in [0.29, 0.717) is 0 Å². The molecule has 0 unspecified atom stereocenters. The van der Waals surface area contributed by atoms with Gasteiger partial charge in [0.25, 0.3) is 0 Å². The molecule has 110 valence electrons. The Morgan fingerprint density at radius 3 is 2.29 bits per heavy atom. The van der Waals surface area contributed by atoms with Gasteiger partial charge in [0.05, 0.1) is 11.0 Å². The molecule has 4 nitrogen and oxygen atoms in total. The van der Waals surface area contributed by atoms with Crippen LogP contribution in [0.4, 0.5) is 0 Å². The largest absolute Gasteiger partial charge is 0.331 e. The van der Waals surface area contributed by atoms with Crippen LogP contribution >= 0.6 is 0 Å². The Balaban J connectivity index is 0.000000173. The fourth-order valence-electron chi connectivity index (χ4n) is 2.04. The molecule has 0 fully saturated rings. The highest BCUT2D eigenvalue weighted by molar-refractivity contribution is 5.76. The van der Waals surface area contributed by atoms with Crippen LogP contribution < -0.4 is 0 Å². The average molecular weight is 282 g/mol. The normalized spacial score (nSPS) is 10.3. The van der Waals surface area contributed by atoms with E-state index in [2.05, 4.69) is 51.7 Å². The second-order valence-corrected chi connectivity index (χ2v) is 5.20. The van der Waals surface area contributed by atoms with Crippen LogP contribution in [0.2, 0.25) is 0 Å². The number of benzene rings is 1. The van der Waals surface area contributed by atoms with Gasteiger partial charge < -0.3 is 4.57 Å². The van der Waals surface area contributed by atoms with Crippen molar-refractivity contribution < 1.29 is 0 Å². The van der Waals surface area contributed by atoms with Crippen molar-refractivity contribution in [3.05, 3.63) is 53.4 Å². The van der Waals surface area contributed by atoms with E-state index in [0.717, 1.165) is 29.1 Å². The van der Waals surface area contributed by atoms with Gasteiger partial charge in [-0.05, 0) is 50.5 Å². The summed E-state index contributed by atoms with van der Waals surface area (Å²) < 4.78 is 2.12. The van der Waals surface area contributed by atoms with E-state index in [-0.39, 0.29) is 0 Å². The van der Waals surface area contributed by atoms with Gasteiger partial charge in [-0.2, -0.15) is 0 Å². The first-order valence-electron chi connectivity index (χ1n) is 7.18. The molecular weight excluding hydrogens is 260 g/mol. The Morgan fingerprint density at radius 2 is 1.71 bits per heavy atom. The number of hydrogen-bond acceptors (Lipinski definition) is 3. The Labute approximate surface area is 125 Å². The Bertz CT molecular complexity index is 705. The fraction of sp³-hybridized carbons (Fsp3) is 0.353. The van der Waals surface area contributed by atoms with E-state index >= 15 is 0 Å². The lowest BCUT2D eigenvalue weighted by molar-refractivity contribution is 0.886. The average Bonchev–Trinajstić information content (AvgIpc) is 2.77. The van der Waals surface area contributed by atoms with Crippen molar-refractivity contribution in [1.29, 1.82) is 0 Å². The minimum Gasteiger partial charge on any atom is -0.331 e. The second-order valence-electron chi connectivity index (χ2n) is 5.20. The van der Waals surface area contributed by atoms with Crippen molar-refractivity contribution in [2.24, 2.45) is 7.05 Å². The van der Waals surface area contributed by atoms with Gasteiger partial charge in [0, 0.05) is 19.4 Å². The van der Waals surface area contributed by atoms with Gasteiger partial charge in [-0.3, -0.25) is 0 Å². The number of fused-ring (bicyclic) bond motifs is 1. The molecule has 0 saturated carbocycles. The molecule has 2 aromatic heterocycles. The molecule has 21 heavy (non-hydrogen) atoms. The first kappa shape index (κ1) is 15.2. The molecule has 1 aromatic carbocycles. The van der Waals surface area contributed by atoms with Crippen molar-refractivity contribution in [2.45, 2.75) is 34.1 Å². The molecule has 0 spiro atoms. The summed E-state index contributed by atoms with van der Waals surface area (Å²) in [4.78, 5) is 12.4. The van der Waals surface area contributed by atoms with Crippen LogP contribution in [0.25, 0.3) is 11.0 Å². The molecule has 0 saturated heterocycles. The van der Waals surface area contributed by atoms with Crippen LogP contribution in [0, 0.1) is 20.8 Å². The molecule has 0 aliphatic rings. The Hall–Kier alpha value is -2.23. The summed E-state index contributed by atoms with van der Waals surface area (Å²) in [6, 6.07) is 6.49. The van der Waals surface area contributed by atoms with E-state index in [1.165, 1.54) is 11.1 Å². The van der Waals surface area contributed by atoms with E-state index in [1.54, 1.807) is 0 Å². The molecule has 3 rings (SSSR count). The quantitative estimate of drug-likeness (QED) is 0.685. The Kier molecular flexibility index (Phi) is 4.68. The number of aromatic nitrogens is 4. The van der Waals surface area contributed by atoms with Crippen LogP contribution in [0.3, 0.4) is 0 Å². The number of imidazole rings is 1. The van der Waals surface area contributed by atoms with E-state index in [1.807, 2.05) is 33.2 Å². The lowest BCUT2D eigenvalue weighted by Gasteiger charge is -1.97. The maximum absolute atomic E-state index is 4.48. The van der Waals surface area contributed by atoms with Gasteiger partial charge in [0.1, 0.15) is 11.6 Å². The number of hydrogen-bond donors (Lipinski definition) is 0. The summed E-state index contributed by atoms with van der Waals surface area (Å²) in [6.07, 6.45) is 4.69. The Morgan fingerprint density at radius 1 is 1.05 bits per heavy atom. The van der Waals surface area contributed by atoms with Crippen molar-refractivity contribution in [2.75, 3.05) is 0 Å². The summed E-state index contributed by atoms with van der Waals surface area (Å²) >= 11 is 0. The lowest BCUT2D eigenvalue weighted by Crippen LogP contribution is -1.89. The highest BCUT2D eigenvalue weighted by Crippen LogP contribution is 2.16. The SMILES string of the molecule is CCc1ccc2c(c1)nc(C)n2C.Cc1cnc(C)nc1. The maximum atomic E-state index is 4.48.